The summed E-state index contributed by atoms with van der Waals surface area (Å²) < 4.78 is 5.49. The van der Waals surface area contributed by atoms with Gasteiger partial charge in [-0.15, -0.1) is 0 Å². The first-order valence-corrected chi connectivity index (χ1v) is 6.19. The van der Waals surface area contributed by atoms with Gasteiger partial charge < -0.3 is 14.6 Å². The van der Waals surface area contributed by atoms with Gasteiger partial charge in [-0.25, -0.2) is 0 Å². The van der Waals surface area contributed by atoms with Crippen LogP contribution in [-0.4, -0.2) is 31.8 Å². The standard InChI is InChI=1S/C13H18N2O3/c1-9(16)11-5-6-12(18-11)15-7-3-4-10(8-15)13(17)14-2/h5-6,10H,3-4,7-8H2,1-2H3,(H,14,17). The van der Waals surface area contributed by atoms with E-state index in [9.17, 15) is 9.59 Å². The molecule has 1 fully saturated rings. The van der Waals surface area contributed by atoms with E-state index in [0.29, 0.717) is 18.2 Å². The van der Waals surface area contributed by atoms with Crippen LogP contribution in [0.2, 0.25) is 0 Å². The summed E-state index contributed by atoms with van der Waals surface area (Å²) in [5.74, 6) is 1.02. The number of carbonyl (C=O) groups excluding carboxylic acids is 2. The van der Waals surface area contributed by atoms with Crippen LogP contribution in [-0.2, 0) is 4.79 Å². The Morgan fingerprint density at radius 3 is 2.83 bits per heavy atom. The molecule has 0 radical (unpaired) electrons. The van der Waals surface area contributed by atoms with Crippen molar-refractivity contribution in [2.45, 2.75) is 19.8 Å². The molecule has 1 aliphatic rings. The third kappa shape index (κ3) is 2.55. The van der Waals surface area contributed by atoms with Crippen LogP contribution in [0.15, 0.2) is 16.5 Å². The number of carbonyl (C=O) groups is 2. The van der Waals surface area contributed by atoms with Crippen LogP contribution >= 0.6 is 0 Å². The minimum atomic E-state index is -0.0823. The lowest BCUT2D eigenvalue weighted by atomic mass is 9.97. The highest BCUT2D eigenvalue weighted by Crippen LogP contribution is 2.25. The number of piperidine rings is 1. The number of rotatable bonds is 3. The van der Waals surface area contributed by atoms with Crippen LogP contribution in [0.1, 0.15) is 30.3 Å². The lowest BCUT2D eigenvalue weighted by molar-refractivity contribution is -0.124. The topological polar surface area (TPSA) is 62.6 Å². The van der Waals surface area contributed by atoms with Crippen molar-refractivity contribution in [1.82, 2.24) is 5.32 Å². The zero-order valence-corrected chi connectivity index (χ0v) is 10.7. The monoisotopic (exact) mass is 250 g/mol. The molecule has 5 nitrogen and oxygen atoms in total. The van der Waals surface area contributed by atoms with Crippen molar-refractivity contribution < 1.29 is 14.0 Å². The summed E-state index contributed by atoms with van der Waals surface area (Å²) in [6, 6.07) is 3.48. The fraction of sp³-hybridized carbons (Fsp3) is 0.538. The van der Waals surface area contributed by atoms with Gasteiger partial charge >= 0.3 is 0 Å². The molecule has 0 spiro atoms. The first-order chi connectivity index (χ1) is 8.61. The van der Waals surface area contributed by atoms with Gasteiger partial charge in [-0.1, -0.05) is 0 Å². The van der Waals surface area contributed by atoms with Crippen molar-refractivity contribution in [2.75, 3.05) is 25.0 Å². The Morgan fingerprint density at radius 1 is 1.44 bits per heavy atom. The quantitative estimate of drug-likeness (QED) is 0.825. The van der Waals surface area contributed by atoms with Crippen molar-refractivity contribution in [2.24, 2.45) is 5.92 Å². The van der Waals surface area contributed by atoms with E-state index >= 15 is 0 Å². The summed E-state index contributed by atoms with van der Waals surface area (Å²) in [7, 11) is 1.65. The maximum Gasteiger partial charge on any atom is 0.224 e. The normalized spacial score (nSPS) is 19.7. The molecule has 18 heavy (non-hydrogen) atoms. The van der Waals surface area contributed by atoms with Gasteiger partial charge in [0, 0.05) is 33.1 Å². The Morgan fingerprint density at radius 2 is 2.22 bits per heavy atom. The van der Waals surface area contributed by atoms with Gasteiger partial charge in [0.15, 0.2) is 17.4 Å². The Balaban J connectivity index is 2.08. The van der Waals surface area contributed by atoms with Crippen LogP contribution in [0.25, 0.3) is 0 Å². The lowest BCUT2D eigenvalue weighted by Crippen LogP contribution is -2.42. The van der Waals surface area contributed by atoms with Crippen molar-refractivity contribution >= 4 is 17.6 Å². The van der Waals surface area contributed by atoms with Gasteiger partial charge in [0.1, 0.15) is 0 Å². The number of anilines is 1. The molecule has 1 amide bonds. The van der Waals surface area contributed by atoms with Crippen LogP contribution in [0.4, 0.5) is 5.88 Å². The Kier molecular flexibility index (Phi) is 3.69. The number of hydrogen-bond donors (Lipinski definition) is 1. The zero-order valence-electron chi connectivity index (χ0n) is 10.7. The highest BCUT2D eigenvalue weighted by Gasteiger charge is 2.26. The SMILES string of the molecule is CNC(=O)C1CCCN(c2ccc(C(C)=O)o2)C1. The van der Waals surface area contributed by atoms with Crippen molar-refractivity contribution in [3.05, 3.63) is 17.9 Å². The highest BCUT2D eigenvalue weighted by molar-refractivity contribution is 5.91. The maximum absolute atomic E-state index is 11.6. The maximum atomic E-state index is 11.6. The third-order valence-electron chi connectivity index (χ3n) is 3.29. The number of amides is 1. The van der Waals surface area contributed by atoms with Gasteiger partial charge in [0.05, 0.1) is 5.92 Å². The van der Waals surface area contributed by atoms with Crippen molar-refractivity contribution in [1.29, 1.82) is 0 Å². The second kappa shape index (κ2) is 5.25. The first kappa shape index (κ1) is 12.7. The van der Waals surface area contributed by atoms with E-state index in [4.69, 9.17) is 4.42 Å². The van der Waals surface area contributed by atoms with Gasteiger partial charge in [-0.2, -0.15) is 0 Å². The summed E-state index contributed by atoms with van der Waals surface area (Å²) in [6.07, 6.45) is 1.85. The fourth-order valence-electron chi connectivity index (χ4n) is 2.28. The smallest absolute Gasteiger partial charge is 0.224 e. The Bertz CT molecular complexity index is 453. The Hall–Kier alpha value is -1.78. The molecule has 0 bridgehead atoms. The summed E-state index contributed by atoms with van der Waals surface area (Å²) in [4.78, 5) is 24.8. The van der Waals surface area contributed by atoms with E-state index < -0.39 is 0 Å². The largest absolute Gasteiger partial charge is 0.437 e. The molecular weight excluding hydrogens is 232 g/mol. The molecule has 1 aromatic rings. The van der Waals surface area contributed by atoms with E-state index in [-0.39, 0.29) is 17.6 Å². The van der Waals surface area contributed by atoms with Gasteiger partial charge in [-0.05, 0) is 18.9 Å². The predicted molar refractivity (Wildman–Crippen MR) is 67.7 cm³/mol. The average molecular weight is 250 g/mol. The number of nitrogens with zero attached hydrogens (tertiary/aromatic N) is 1. The van der Waals surface area contributed by atoms with Gasteiger partial charge in [0.2, 0.25) is 5.91 Å². The summed E-state index contributed by atoms with van der Waals surface area (Å²) >= 11 is 0. The average Bonchev–Trinajstić information content (AvgIpc) is 2.88. The third-order valence-corrected chi connectivity index (χ3v) is 3.29. The van der Waals surface area contributed by atoms with E-state index in [1.807, 2.05) is 4.90 Å². The molecule has 1 aromatic heterocycles. The summed E-state index contributed by atoms with van der Waals surface area (Å²) in [5, 5.41) is 2.68. The van der Waals surface area contributed by atoms with Crippen LogP contribution in [0, 0.1) is 5.92 Å². The van der Waals surface area contributed by atoms with Crippen LogP contribution < -0.4 is 10.2 Å². The predicted octanol–water partition coefficient (Wildman–Crippen LogP) is 1.44. The number of ketones is 1. The lowest BCUT2D eigenvalue weighted by Gasteiger charge is -2.31. The molecular formula is C13H18N2O3. The van der Waals surface area contributed by atoms with Crippen LogP contribution in [0.3, 0.4) is 0 Å². The molecule has 2 heterocycles. The first-order valence-electron chi connectivity index (χ1n) is 6.19. The van der Waals surface area contributed by atoms with E-state index in [1.165, 1.54) is 6.92 Å². The zero-order chi connectivity index (χ0) is 13.1. The molecule has 0 aromatic carbocycles. The molecule has 1 atom stereocenters. The molecule has 0 saturated carbocycles. The summed E-state index contributed by atoms with van der Waals surface area (Å²) in [5.41, 5.74) is 0. The molecule has 98 valence electrons. The van der Waals surface area contributed by atoms with E-state index in [2.05, 4.69) is 5.32 Å². The number of Topliss-reactive ketones (excluding diaryl/α,β-unsaturated/α-hetero) is 1. The minimum Gasteiger partial charge on any atom is -0.437 e. The minimum absolute atomic E-state index is 0.00497. The molecule has 0 aliphatic carbocycles. The number of hydrogen-bond acceptors (Lipinski definition) is 4. The van der Waals surface area contributed by atoms with Crippen LogP contribution in [0.5, 0.6) is 0 Å². The highest BCUT2D eigenvalue weighted by atomic mass is 16.4. The fourth-order valence-corrected chi connectivity index (χ4v) is 2.28. The van der Waals surface area contributed by atoms with Crippen molar-refractivity contribution in [3.8, 4) is 0 Å². The second-order valence-electron chi connectivity index (χ2n) is 4.59. The van der Waals surface area contributed by atoms with Gasteiger partial charge in [0.25, 0.3) is 0 Å². The van der Waals surface area contributed by atoms with Gasteiger partial charge in [-0.3, -0.25) is 9.59 Å². The molecule has 1 unspecified atom stereocenters. The van der Waals surface area contributed by atoms with Crippen molar-refractivity contribution in [3.63, 3.8) is 0 Å². The number of furan rings is 1. The second-order valence-corrected chi connectivity index (χ2v) is 4.59. The molecule has 1 saturated heterocycles. The molecule has 2 rings (SSSR count). The van der Waals surface area contributed by atoms with E-state index in [1.54, 1.807) is 19.2 Å². The van der Waals surface area contributed by atoms with E-state index in [0.717, 1.165) is 19.4 Å². The molecule has 5 heteroatoms. The Labute approximate surface area is 106 Å². The summed E-state index contributed by atoms with van der Waals surface area (Å²) in [6.45, 7) is 2.98. The molecule has 1 aliphatic heterocycles. The number of nitrogens with one attached hydrogen (secondary N) is 1. The molecule has 1 N–H and O–H groups in total.